The summed E-state index contributed by atoms with van der Waals surface area (Å²) < 4.78 is 2.12. The van der Waals surface area contributed by atoms with Crippen molar-refractivity contribution in [3.63, 3.8) is 0 Å². The molecule has 0 unspecified atom stereocenters. The van der Waals surface area contributed by atoms with Gasteiger partial charge in [0.15, 0.2) is 5.11 Å². The number of nitrogens with zero attached hydrogens (tertiary/aromatic N) is 3. The normalized spacial score (nSPS) is 19.9. The lowest BCUT2D eigenvalue weighted by molar-refractivity contribution is 0.357. The van der Waals surface area contributed by atoms with E-state index in [2.05, 4.69) is 25.8 Å². The number of likely N-dealkylation sites (N-methyl/N-ethyl adjacent to an activating group) is 1. The van der Waals surface area contributed by atoms with Crippen LogP contribution in [0.5, 0.6) is 5.75 Å². The summed E-state index contributed by atoms with van der Waals surface area (Å²) in [7, 11) is 2.00. The van der Waals surface area contributed by atoms with Crippen LogP contribution in [-0.4, -0.2) is 31.7 Å². The Morgan fingerprint density at radius 1 is 1.08 bits per heavy atom. The second-order valence-corrected chi connectivity index (χ2v) is 6.44. The van der Waals surface area contributed by atoms with Crippen LogP contribution in [0.3, 0.4) is 0 Å². The minimum Gasteiger partial charge on any atom is -0.508 e. The number of phenols is 1. The Bertz CT molecular complexity index is 891. The lowest BCUT2D eigenvalue weighted by Crippen LogP contribution is -2.25. The van der Waals surface area contributed by atoms with Crippen LogP contribution in [0.4, 0.5) is 0 Å². The highest BCUT2D eigenvalue weighted by atomic mass is 32.1. The van der Waals surface area contributed by atoms with E-state index in [4.69, 9.17) is 12.2 Å². The van der Waals surface area contributed by atoms with Crippen molar-refractivity contribution in [2.45, 2.75) is 12.1 Å². The van der Waals surface area contributed by atoms with Gasteiger partial charge in [0.25, 0.3) is 0 Å². The van der Waals surface area contributed by atoms with Gasteiger partial charge in [0, 0.05) is 30.8 Å². The van der Waals surface area contributed by atoms with Gasteiger partial charge in [-0.15, -0.1) is 0 Å². The van der Waals surface area contributed by atoms with Crippen molar-refractivity contribution in [1.29, 1.82) is 0 Å². The van der Waals surface area contributed by atoms with Crippen LogP contribution in [0, 0.1) is 0 Å². The van der Waals surface area contributed by atoms with Crippen LogP contribution >= 0.6 is 12.2 Å². The summed E-state index contributed by atoms with van der Waals surface area (Å²) >= 11 is 5.49. The van der Waals surface area contributed by atoms with E-state index in [9.17, 15) is 5.11 Å². The van der Waals surface area contributed by atoms with Crippen molar-refractivity contribution in [3.05, 3.63) is 78.4 Å². The fourth-order valence-corrected chi connectivity index (χ4v) is 3.55. The Labute approximate surface area is 151 Å². The van der Waals surface area contributed by atoms with E-state index in [0.717, 1.165) is 17.1 Å². The topological polar surface area (TPSA) is 53.3 Å². The lowest BCUT2D eigenvalue weighted by Gasteiger charge is -2.25. The molecule has 1 aliphatic heterocycles. The molecule has 0 radical (unpaired) electrons. The molecule has 25 heavy (non-hydrogen) atoms. The molecule has 4 rings (SSSR count). The number of nitrogens with one attached hydrogen (secondary N) is 1. The summed E-state index contributed by atoms with van der Waals surface area (Å²) in [4.78, 5) is 6.58. The van der Waals surface area contributed by atoms with Gasteiger partial charge in [-0.25, -0.2) is 0 Å². The second kappa shape index (κ2) is 6.22. The summed E-state index contributed by atoms with van der Waals surface area (Å²) in [5.74, 6) is 0.254. The smallest absolute Gasteiger partial charge is 0.169 e. The maximum Gasteiger partial charge on any atom is 0.169 e. The maximum absolute atomic E-state index is 9.55. The van der Waals surface area contributed by atoms with E-state index in [-0.39, 0.29) is 17.8 Å². The maximum atomic E-state index is 9.55. The molecule has 126 valence electrons. The first-order valence-electron chi connectivity index (χ1n) is 8.06. The molecule has 3 heterocycles. The SMILES string of the molecule is CN1C(=S)N[C@H](c2ccccn2)[C@@H]1c1cccn1-c1ccc(O)cc1. The number of aromatic nitrogens is 2. The van der Waals surface area contributed by atoms with E-state index in [1.165, 1.54) is 0 Å². The summed E-state index contributed by atoms with van der Waals surface area (Å²) in [5, 5.41) is 13.6. The highest BCUT2D eigenvalue weighted by Crippen LogP contribution is 2.38. The molecule has 0 amide bonds. The predicted molar refractivity (Wildman–Crippen MR) is 101 cm³/mol. The van der Waals surface area contributed by atoms with Gasteiger partial charge in [-0.05, 0) is 60.7 Å². The zero-order valence-electron chi connectivity index (χ0n) is 13.7. The zero-order chi connectivity index (χ0) is 17.4. The average molecular weight is 350 g/mol. The van der Waals surface area contributed by atoms with E-state index < -0.39 is 0 Å². The molecule has 0 spiro atoms. The van der Waals surface area contributed by atoms with Crippen LogP contribution in [0.2, 0.25) is 0 Å². The van der Waals surface area contributed by atoms with Crippen LogP contribution in [-0.2, 0) is 0 Å². The van der Waals surface area contributed by atoms with Gasteiger partial charge in [-0.3, -0.25) is 4.98 Å². The summed E-state index contributed by atoms with van der Waals surface area (Å²) in [6.45, 7) is 0. The molecule has 2 aromatic heterocycles. The number of hydrogen-bond acceptors (Lipinski definition) is 3. The van der Waals surface area contributed by atoms with E-state index in [1.54, 1.807) is 18.3 Å². The first kappa shape index (κ1) is 15.7. The van der Waals surface area contributed by atoms with Gasteiger partial charge in [-0.2, -0.15) is 0 Å². The third-order valence-corrected chi connectivity index (χ3v) is 4.96. The molecule has 2 N–H and O–H groups in total. The fourth-order valence-electron chi connectivity index (χ4n) is 3.31. The Kier molecular flexibility index (Phi) is 3.89. The standard InChI is InChI=1S/C19H18N4OS/c1-22-18(17(21-19(22)25)15-5-2-3-11-20-15)16-6-4-12-23(16)13-7-9-14(24)10-8-13/h2-12,17-18,24H,1H3,(H,21,25)/t17-,18+/m1/s1. The summed E-state index contributed by atoms with van der Waals surface area (Å²) in [6, 6.07) is 17.2. The third-order valence-electron chi connectivity index (χ3n) is 4.55. The first-order chi connectivity index (χ1) is 12.1. The van der Waals surface area contributed by atoms with Gasteiger partial charge >= 0.3 is 0 Å². The second-order valence-electron chi connectivity index (χ2n) is 6.06. The number of hydrogen-bond donors (Lipinski definition) is 2. The molecule has 0 saturated carbocycles. The van der Waals surface area contributed by atoms with Gasteiger partial charge in [-0.1, -0.05) is 6.07 Å². The van der Waals surface area contributed by atoms with Crippen LogP contribution in [0.15, 0.2) is 67.0 Å². The number of benzene rings is 1. The number of thiocarbonyl (C=S) groups is 1. The van der Waals surface area contributed by atoms with Gasteiger partial charge < -0.3 is 19.9 Å². The Morgan fingerprint density at radius 3 is 2.60 bits per heavy atom. The largest absolute Gasteiger partial charge is 0.508 e. The number of phenolic OH excluding ortho intramolecular Hbond substituents is 1. The minimum atomic E-state index is -0.0236. The molecular formula is C19H18N4OS. The Morgan fingerprint density at radius 2 is 1.88 bits per heavy atom. The van der Waals surface area contributed by atoms with Gasteiger partial charge in [0.1, 0.15) is 5.75 Å². The van der Waals surface area contributed by atoms with Gasteiger partial charge in [0.2, 0.25) is 0 Å². The number of aromatic hydroxyl groups is 1. The van der Waals surface area contributed by atoms with Crippen molar-refractivity contribution in [2.24, 2.45) is 0 Å². The zero-order valence-corrected chi connectivity index (χ0v) is 14.5. The Hall–Kier alpha value is -2.86. The molecule has 0 aliphatic carbocycles. The molecule has 6 heteroatoms. The highest BCUT2D eigenvalue weighted by molar-refractivity contribution is 7.80. The van der Waals surface area contributed by atoms with Crippen molar-refractivity contribution in [3.8, 4) is 11.4 Å². The van der Waals surface area contributed by atoms with Crippen LogP contribution in [0.1, 0.15) is 23.5 Å². The molecule has 1 fully saturated rings. The monoisotopic (exact) mass is 350 g/mol. The number of rotatable bonds is 3. The van der Waals surface area contributed by atoms with E-state index >= 15 is 0 Å². The molecule has 3 aromatic rings. The number of pyridine rings is 1. The molecule has 1 aliphatic rings. The van der Waals surface area contributed by atoms with E-state index in [1.807, 2.05) is 49.6 Å². The third kappa shape index (κ3) is 2.74. The van der Waals surface area contributed by atoms with E-state index in [0.29, 0.717) is 5.11 Å². The van der Waals surface area contributed by atoms with Crippen LogP contribution < -0.4 is 5.32 Å². The molecule has 5 nitrogen and oxygen atoms in total. The van der Waals surface area contributed by atoms with Crippen molar-refractivity contribution in [1.82, 2.24) is 19.8 Å². The van der Waals surface area contributed by atoms with Crippen molar-refractivity contribution < 1.29 is 5.11 Å². The van der Waals surface area contributed by atoms with Gasteiger partial charge in [0.05, 0.1) is 17.8 Å². The quantitative estimate of drug-likeness (QED) is 0.711. The van der Waals surface area contributed by atoms with Crippen molar-refractivity contribution >= 4 is 17.3 Å². The molecule has 1 aromatic carbocycles. The summed E-state index contributed by atoms with van der Waals surface area (Å²) in [5.41, 5.74) is 3.05. The molecule has 2 atom stereocenters. The first-order valence-corrected chi connectivity index (χ1v) is 8.47. The lowest BCUT2D eigenvalue weighted by atomic mass is 10.0. The fraction of sp³-hybridized carbons (Fsp3) is 0.158. The minimum absolute atomic E-state index is 0.0196. The Balaban J connectivity index is 1.78. The average Bonchev–Trinajstić information content (AvgIpc) is 3.22. The van der Waals surface area contributed by atoms with Crippen LogP contribution in [0.25, 0.3) is 5.69 Å². The highest BCUT2D eigenvalue weighted by Gasteiger charge is 2.39. The molecular weight excluding hydrogens is 332 g/mol. The summed E-state index contributed by atoms with van der Waals surface area (Å²) in [6.07, 6.45) is 3.82. The molecule has 1 saturated heterocycles. The molecule has 0 bridgehead atoms. The predicted octanol–water partition coefficient (Wildman–Crippen LogP) is 3.18. The van der Waals surface area contributed by atoms with Crippen molar-refractivity contribution in [2.75, 3.05) is 7.05 Å².